The summed E-state index contributed by atoms with van der Waals surface area (Å²) in [6.07, 6.45) is 4.57. The van der Waals surface area contributed by atoms with Gasteiger partial charge in [-0.3, -0.25) is 4.68 Å². The molecule has 0 aliphatic carbocycles. The van der Waals surface area contributed by atoms with Crippen LogP contribution in [0.15, 0.2) is 35.3 Å². The van der Waals surface area contributed by atoms with Crippen molar-refractivity contribution >= 4 is 17.4 Å². The first-order chi connectivity index (χ1) is 11.2. The molecule has 0 saturated carbocycles. The van der Waals surface area contributed by atoms with Crippen molar-refractivity contribution in [3.8, 4) is 0 Å². The zero-order chi connectivity index (χ0) is 16.1. The highest BCUT2D eigenvalue weighted by atomic mass is 32.1. The molecule has 1 saturated heterocycles. The van der Waals surface area contributed by atoms with E-state index in [1.807, 2.05) is 34.1 Å². The second-order valence-electron chi connectivity index (χ2n) is 5.75. The Morgan fingerprint density at radius 3 is 3.17 bits per heavy atom. The summed E-state index contributed by atoms with van der Waals surface area (Å²) < 4.78 is 7.83. The van der Waals surface area contributed by atoms with Crippen LogP contribution in [-0.2, 0) is 11.3 Å². The van der Waals surface area contributed by atoms with Crippen molar-refractivity contribution in [1.29, 1.82) is 0 Å². The van der Waals surface area contributed by atoms with Gasteiger partial charge in [0.25, 0.3) is 0 Å². The van der Waals surface area contributed by atoms with E-state index in [-0.39, 0.29) is 18.2 Å². The lowest BCUT2D eigenvalue weighted by atomic mass is 10.1. The average Bonchev–Trinajstić information content (AvgIpc) is 3.24. The fourth-order valence-corrected chi connectivity index (χ4v) is 3.44. The topological polar surface area (TPSA) is 59.4 Å². The van der Waals surface area contributed by atoms with Gasteiger partial charge in [0.05, 0.1) is 12.6 Å². The predicted molar refractivity (Wildman–Crippen MR) is 89.4 cm³/mol. The molecule has 1 aliphatic rings. The van der Waals surface area contributed by atoms with E-state index in [1.165, 1.54) is 0 Å². The van der Waals surface area contributed by atoms with Crippen LogP contribution in [0.25, 0.3) is 0 Å². The molecule has 3 heterocycles. The van der Waals surface area contributed by atoms with Gasteiger partial charge >= 0.3 is 6.03 Å². The Hall–Kier alpha value is -1.86. The number of rotatable bonds is 5. The molecule has 23 heavy (non-hydrogen) atoms. The highest BCUT2D eigenvalue weighted by molar-refractivity contribution is 7.07. The lowest BCUT2D eigenvalue weighted by Crippen LogP contribution is -2.50. The van der Waals surface area contributed by atoms with E-state index in [2.05, 4.69) is 21.9 Å². The molecule has 0 unspecified atom stereocenters. The average molecular weight is 334 g/mol. The van der Waals surface area contributed by atoms with Crippen LogP contribution in [0.5, 0.6) is 0 Å². The number of hydrogen-bond donors (Lipinski definition) is 1. The summed E-state index contributed by atoms with van der Waals surface area (Å²) >= 11 is 1.65. The third kappa shape index (κ3) is 4.33. The van der Waals surface area contributed by atoms with E-state index >= 15 is 0 Å². The minimum Gasteiger partial charge on any atom is -0.367 e. The summed E-state index contributed by atoms with van der Waals surface area (Å²) in [4.78, 5) is 14.2. The Balaban J connectivity index is 1.46. The van der Waals surface area contributed by atoms with Gasteiger partial charge in [-0.05, 0) is 41.8 Å². The number of amides is 2. The van der Waals surface area contributed by atoms with E-state index < -0.39 is 0 Å². The standard InChI is InChI=1S/C16H22N4O2S/c1-13-10-19(11-15(22-13)14-4-9-23-12-14)16(21)17-5-2-7-20-8-3-6-18-20/h3-4,6,8-9,12-13,15H,2,5,7,10-11H2,1H3,(H,17,21)/t13-,15+/m0/s1. The highest BCUT2D eigenvalue weighted by Gasteiger charge is 2.29. The number of morpholine rings is 1. The van der Waals surface area contributed by atoms with Crippen LogP contribution in [0.2, 0.25) is 0 Å². The summed E-state index contributed by atoms with van der Waals surface area (Å²) in [5.41, 5.74) is 1.15. The van der Waals surface area contributed by atoms with E-state index in [9.17, 15) is 4.79 Å². The molecule has 1 aliphatic heterocycles. The van der Waals surface area contributed by atoms with Crippen LogP contribution in [-0.4, -0.2) is 46.4 Å². The summed E-state index contributed by atoms with van der Waals surface area (Å²) in [7, 11) is 0. The molecule has 2 atom stereocenters. The van der Waals surface area contributed by atoms with E-state index in [1.54, 1.807) is 17.5 Å². The first kappa shape index (κ1) is 16.0. The number of nitrogens with zero attached hydrogens (tertiary/aromatic N) is 3. The first-order valence-corrected chi connectivity index (χ1v) is 8.84. The molecule has 6 nitrogen and oxygen atoms in total. The number of aryl methyl sites for hydroxylation is 1. The molecule has 1 fully saturated rings. The molecule has 1 N–H and O–H groups in total. The van der Waals surface area contributed by atoms with Crippen LogP contribution >= 0.6 is 11.3 Å². The minimum atomic E-state index is -0.0279. The monoisotopic (exact) mass is 334 g/mol. The fraction of sp³-hybridized carbons (Fsp3) is 0.500. The number of hydrogen-bond acceptors (Lipinski definition) is 4. The molecule has 2 amide bonds. The van der Waals surface area contributed by atoms with Crippen LogP contribution < -0.4 is 5.32 Å². The molecule has 3 rings (SSSR count). The normalized spacial score (nSPS) is 21.3. The Labute approximate surface area is 140 Å². The third-order valence-electron chi connectivity index (χ3n) is 3.86. The third-order valence-corrected chi connectivity index (χ3v) is 4.56. The Morgan fingerprint density at radius 1 is 1.52 bits per heavy atom. The van der Waals surface area contributed by atoms with Gasteiger partial charge in [0.15, 0.2) is 0 Å². The maximum Gasteiger partial charge on any atom is 0.317 e. The van der Waals surface area contributed by atoms with E-state index in [0.717, 1.165) is 18.5 Å². The Morgan fingerprint density at radius 2 is 2.43 bits per heavy atom. The smallest absolute Gasteiger partial charge is 0.317 e. The summed E-state index contributed by atoms with van der Waals surface area (Å²) in [6.45, 7) is 4.70. The molecule has 0 bridgehead atoms. The first-order valence-electron chi connectivity index (χ1n) is 7.90. The molecule has 0 radical (unpaired) electrons. The van der Waals surface area contributed by atoms with Gasteiger partial charge in [0, 0.05) is 32.0 Å². The van der Waals surface area contributed by atoms with Gasteiger partial charge in [-0.2, -0.15) is 16.4 Å². The van der Waals surface area contributed by atoms with Crippen molar-refractivity contribution < 1.29 is 9.53 Å². The second kappa shape index (κ2) is 7.61. The Kier molecular flexibility index (Phi) is 5.30. The molecular weight excluding hydrogens is 312 g/mol. The molecular formula is C16H22N4O2S. The minimum absolute atomic E-state index is 0.0131. The van der Waals surface area contributed by atoms with Crippen molar-refractivity contribution in [2.45, 2.75) is 32.1 Å². The maximum absolute atomic E-state index is 12.4. The van der Waals surface area contributed by atoms with Crippen LogP contribution in [0.4, 0.5) is 4.79 Å². The molecule has 0 aromatic carbocycles. The predicted octanol–water partition coefficient (Wildman–Crippen LogP) is 2.51. The number of ether oxygens (including phenoxy) is 1. The van der Waals surface area contributed by atoms with Crippen LogP contribution in [0.3, 0.4) is 0 Å². The number of nitrogens with one attached hydrogen (secondary N) is 1. The highest BCUT2D eigenvalue weighted by Crippen LogP contribution is 2.26. The van der Waals surface area contributed by atoms with Crippen LogP contribution in [0.1, 0.15) is 25.0 Å². The van der Waals surface area contributed by atoms with Gasteiger partial charge in [-0.25, -0.2) is 4.79 Å². The number of carbonyl (C=O) groups is 1. The molecule has 124 valence electrons. The molecule has 2 aromatic rings. The number of urea groups is 1. The van der Waals surface area contributed by atoms with Gasteiger partial charge in [0.2, 0.25) is 0 Å². The van der Waals surface area contributed by atoms with Crippen molar-refractivity contribution in [2.75, 3.05) is 19.6 Å². The lowest BCUT2D eigenvalue weighted by molar-refractivity contribution is -0.0654. The molecule has 7 heteroatoms. The molecule has 0 spiro atoms. The summed E-state index contributed by atoms with van der Waals surface area (Å²) in [5.74, 6) is 0. The SMILES string of the molecule is C[C@H]1CN(C(=O)NCCCn2cccn2)C[C@H](c2ccsc2)O1. The van der Waals surface area contributed by atoms with Gasteiger partial charge in [0.1, 0.15) is 6.10 Å². The van der Waals surface area contributed by atoms with Gasteiger partial charge < -0.3 is 15.0 Å². The van der Waals surface area contributed by atoms with Crippen molar-refractivity contribution in [1.82, 2.24) is 20.0 Å². The van der Waals surface area contributed by atoms with E-state index in [4.69, 9.17) is 4.74 Å². The van der Waals surface area contributed by atoms with Gasteiger partial charge in [-0.1, -0.05) is 0 Å². The summed E-state index contributed by atoms with van der Waals surface area (Å²) in [5, 5.41) is 11.3. The van der Waals surface area contributed by atoms with Crippen molar-refractivity contribution in [3.63, 3.8) is 0 Å². The van der Waals surface area contributed by atoms with Crippen molar-refractivity contribution in [3.05, 3.63) is 40.8 Å². The van der Waals surface area contributed by atoms with Gasteiger partial charge in [-0.15, -0.1) is 0 Å². The van der Waals surface area contributed by atoms with Crippen molar-refractivity contribution in [2.24, 2.45) is 0 Å². The number of carbonyl (C=O) groups excluding carboxylic acids is 1. The zero-order valence-corrected chi connectivity index (χ0v) is 14.0. The number of aromatic nitrogens is 2. The maximum atomic E-state index is 12.4. The van der Waals surface area contributed by atoms with E-state index in [0.29, 0.717) is 19.6 Å². The fourth-order valence-electron chi connectivity index (χ4n) is 2.74. The summed E-state index contributed by atoms with van der Waals surface area (Å²) in [6, 6.07) is 3.95. The Bertz CT molecular complexity index is 600. The molecule has 2 aromatic heterocycles. The lowest BCUT2D eigenvalue weighted by Gasteiger charge is -2.36. The number of thiophene rings is 1. The largest absolute Gasteiger partial charge is 0.367 e. The van der Waals surface area contributed by atoms with Crippen LogP contribution in [0, 0.1) is 0 Å². The second-order valence-corrected chi connectivity index (χ2v) is 6.53. The quantitative estimate of drug-likeness (QED) is 0.855. The zero-order valence-electron chi connectivity index (χ0n) is 13.2.